The number of fused-ring (bicyclic) bond motifs is 1. The predicted molar refractivity (Wildman–Crippen MR) is 117 cm³/mol. The highest BCUT2D eigenvalue weighted by atomic mass is 35.5. The smallest absolute Gasteiger partial charge is 0.165 e. The van der Waals surface area contributed by atoms with E-state index in [1.165, 1.54) is 37.7 Å². The highest BCUT2D eigenvalue weighted by Crippen LogP contribution is 2.85. The maximum absolute atomic E-state index is 13.5. The fraction of sp³-hybridized carbons (Fsp3) is 0.423. The Morgan fingerprint density at radius 3 is 2.41 bits per heavy atom. The van der Waals surface area contributed by atoms with Crippen molar-refractivity contribution in [1.29, 1.82) is 0 Å². The summed E-state index contributed by atoms with van der Waals surface area (Å²) in [5.74, 6) is 0.332. The summed E-state index contributed by atoms with van der Waals surface area (Å²) in [4.78, 5) is 13.5. The molecular weight excluding hydrogens is 378 g/mol. The summed E-state index contributed by atoms with van der Waals surface area (Å²) >= 11 is 6.04. The molecule has 4 aliphatic rings. The van der Waals surface area contributed by atoms with Crippen LogP contribution >= 0.6 is 11.6 Å². The second-order valence-corrected chi connectivity index (χ2v) is 10.8. The van der Waals surface area contributed by atoms with Gasteiger partial charge in [-0.2, -0.15) is 0 Å². The fourth-order valence-corrected chi connectivity index (χ4v) is 6.84. The lowest BCUT2D eigenvalue weighted by Crippen LogP contribution is -2.64. The van der Waals surface area contributed by atoms with E-state index in [9.17, 15) is 4.79 Å². The van der Waals surface area contributed by atoms with Crippen LogP contribution in [0, 0.1) is 16.2 Å². The first-order valence-electron chi connectivity index (χ1n) is 10.8. The van der Waals surface area contributed by atoms with Crippen molar-refractivity contribution in [3.05, 3.63) is 70.9 Å². The first-order chi connectivity index (χ1) is 13.9. The Morgan fingerprint density at radius 1 is 1.03 bits per heavy atom. The molecule has 1 heterocycles. The van der Waals surface area contributed by atoms with Crippen molar-refractivity contribution in [1.82, 2.24) is 4.57 Å². The Bertz CT molecular complexity index is 1120. The average molecular weight is 404 g/mol. The SMILES string of the molecule is CC12CC(C3(CC(=O)c4cccc5ccn(Cc6ccc(Cl)cc6)c45)CC3)(C1)C2. The van der Waals surface area contributed by atoms with Gasteiger partial charge in [0, 0.05) is 35.1 Å². The van der Waals surface area contributed by atoms with Crippen LogP contribution in [0.25, 0.3) is 10.9 Å². The Labute approximate surface area is 176 Å². The van der Waals surface area contributed by atoms with Gasteiger partial charge in [0.25, 0.3) is 0 Å². The molecule has 4 saturated carbocycles. The van der Waals surface area contributed by atoms with E-state index in [2.05, 4.69) is 42.0 Å². The van der Waals surface area contributed by atoms with Crippen LogP contribution in [-0.4, -0.2) is 10.4 Å². The van der Waals surface area contributed by atoms with Gasteiger partial charge in [0.1, 0.15) is 0 Å². The number of carbonyl (C=O) groups is 1. The number of halogens is 1. The van der Waals surface area contributed by atoms with E-state index in [1.807, 2.05) is 24.3 Å². The van der Waals surface area contributed by atoms with Gasteiger partial charge in [0.05, 0.1) is 5.52 Å². The number of para-hydroxylation sites is 1. The molecule has 0 spiro atoms. The van der Waals surface area contributed by atoms with Gasteiger partial charge in [0.2, 0.25) is 0 Å². The number of Topliss-reactive ketones (excluding diaryl/α,β-unsaturated/α-hetero) is 1. The third-order valence-electron chi connectivity index (χ3n) is 8.13. The van der Waals surface area contributed by atoms with Crippen molar-refractivity contribution in [2.45, 2.75) is 52.0 Å². The molecule has 0 amide bonds. The lowest BCUT2D eigenvalue weighted by molar-refractivity contribution is -0.233. The second kappa shape index (κ2) is 5.76. The molecule has 2 aromatic carbocycles. The van der Waals surface area contributed by atoms with Gasteiger partial charge in [-0.05, 0) is 78.2 Å². The van der Waals surface area contributed by atoms with Crippen molar-refractivity contribution >= 4 is 28.3 Å². The van der Waals surface area contributed by atoms with Crippen LogP contribution in [0.2, 0.25) is 5.02 Å². The number of ketones is 1. The van der Waals surface area contributed by atoms with Gasteiger partial charge < -0.3 is 4.57 Å². The van der Waals surface area contributed by atoms with E-state index in [1.54, 1.807) is 0 Å². The molecule has 7 rings (SSSR count). The standard InChI is InChI=1S/C26H26ClNO/c1-24-15-26(16-24,17-24)25(10-11-25)13-22(29)21-4-2-3-19-9-12-28(23(19)21)14-18-5-7-20(27)8-6-18/h2-9,12H,10-11,13-17H2,1H3. The van der Waals surface area contributed by atoms with E-state index in [4.69, 9.17) is 11.6 Å². The molecule has 1 aromatic heterocycles. The molecule has 0 atom stereocenters. The van der Waals surface area contributed by atoms with Gasteiger partial charge in [-0.15, -0.1) is 0 Å². The van der Waals surface area contributed by atoms with Crippen LogP contribution in [0.5, 0.6) is 0 Å². The molecule has 3 aromatic rings. The summed E-state index contributed by atoms with van der Waals surface area (Å²) < 4.78 is 2.22. The zero-order valence-electron chi connectivity index (χ0n) is 16.9. The van der Waals surface area contributed by atoms with Gasteiger partial charge in [-0.25, -0.2) is 0 Å². The summed E-state index contributed by atoms with van der Waals surface area (Å²) in [7, 11) is 0. The van der Waals surface area contributed by atoms with E-state index in [-0.39, 0.29) is 0 Å². The van der Waals surface area contributed by atoms with Crippen LogP contribution in [0.1, 0.15) is 61.4 Å². The topological polar surface area (TPSA) is 22.0 Å². The summed E-state index contributed by atoms with van der Waals surface area (Å²) in [6.45, 7) is 3.16. The molecule has 0 saturated heterocycles. The number of nitrogens with zero attached hydrogens (tertiary/aromatic N) is 1. The molecule has 148 valence electrons. The Balaban J connectivity index is 1.31. The first kappa shape index (κ1) is 17.8. The molecule has 2 bridgehead atoms. The molecule has 3 heteroatoms. The highest BCUT2D eigenvalue weighted by Gasteiger charge is 2.75. The van der Waals surface area contributed by atoms with E-state index < -0.39 is 0 Å². The van der Waals surface area contributed by atoms with Crippen molar-refractivity contribution in [2.24, 2.45) is 16.2 Å². The Hall–Kier alpha value is -2.06. The number of hydrogen-bond donors (Lipinski definition) is 0. The van der Waals surface area contributed by atoms with Crippen LogP contribution in [0.15, 0.2) is 54.7 Å². The normalized spacial score (nSPS) is 28.6. The van der Waals surface area contributed by atoms with Crippen LogP contribution in [0.4, 0.5) is 0 Å². The van der Waals surface area contributed by atoms with Gasteiger partial charge in [-0.1, -0.05) is 42.8 Å². The quantitative estimate of drug-likeness (QED) is 0.411. The molecule has 0 aliphatic heterocycles. The third-order valence-corrected chi connectivity index (χ3v) is 8.38. The van der Waals surface area contributed by atoms with Crippen molar-refractivity contribution < 1.29 is 4.79 Å². The van der Waals surface area contributed by atoms with Gasteiger partial charge >= 0.3 is 0 Å². The summed E-state index contributed by atoms with van der Waals surface area (Å²) in [5.41, 5.74) is 4.56. The number of benzene rings is 2. The summed E-state index contributed by atoms with van der Waals surface area (Å²) in [6.07, 6.45) is 9.38. The van der Waals surface area contributed by atoms with E-state index >= 15 is 0 Å². The number of hydrogen-bond acceptors (Lipinski definition) is 1. The maximum Gasteiger partial charge on any atom is 0.165 e. The lowest BCUT2D eigenvalue weighted by atomic mass is 9.31. The average Bonchev–Trinajstić information content (AvgIpc) is 3.32. The van der Waals surface area contributed by atoms with Gasteiger partial charge in [-0.3, -0.25) is 4.79 Å². The minimum atomic E-state index is 0.303. The molecule has 2 nitrogen and oxygen atoms in total. The second-order valence-electron chi connectivity index (χ2n) is 10.3. The molecule has 0 N–H and O–H groups in total. The number of rotatable bonds is 6. The van der Waals surface area contributed by atoms with Crippen LogP contribution in [0.3, 0.4) is 0 Å². The number of aromatic nitrogens is 1. The van der Waals surface area contributed by atoms with E-state index in [0.717, 1.165) is 34.5 Å². The highest BCUT2D eigenvalue weighted by molar-refractivity contribution is 6.30. The molecule has 4 aliphatic carbocycles. The predicted octanol–water partition coefficient (Wildman–Crippen LogP) is 6.89. The van der Waals surface area contributed by atoms with Crippen molar-refractivity contribution in [3.8, 4) is 0 Å². The van der Waals surface area contributed by atoms with Crippen LogP contribution < -0.4 is 0 Å². The summed E-state index contributed by atoms with van der Waals surface area (Å²) in [6, 6.07) is 16.3. The molecular formula is C26H26ClNO. The molecule has 4 fully saturated rings. The zero-order valence-corrected chi connectivity index (χ0v) is 17.6. The Morgan fingerprint density at radius 2 is 1.76 bits per heavy atom. The van der Waals surface area contributed by atoms with E-state index in [0.29, 0.717) is 22.0 Å². The van der Waals surface area contributed by atoms with Crippen molar-refractivity contribution in [2.75, 3.05) is 0 Å². The lowest BCUT2D eigenvalue weighted by Gasteiger charge is -2.73. The van der Waals surface area contributed by atoms with Gasteiger partial charge in [0.15, 0.2) is 5.78 Å². The largest absolute Gasteiger partial charge is 0.342 e. The molecule has 0 unspecified atom stereocenters. The van der Waals surface area contributed by atoms with Crippen LogP contribution in [-0.2, 0) is 6.54 Å². The number of carbonyl (C=O) groups excluding carboxylic acids is 1. The van der Waals surface area contributed by atoms with Crippen molar-refractivity contribution in [3.63, 3.8) is 0 Å². The fourth-order valence-electron chi connectivity index (χ4n) is 6.71. The third kappa shape index (κ3) is 2.58. The maximum atomic E-state index is 13.5. The molecule has 0 radical (unpaired) electrons. The monoisotopic (exact) mass is 403 g/mol. The minimum Gasteiger partial charge on any atom is -0.342 e. The first-order valence-corrected chi connectivity index (χ1v) is 11.1. The minimum absolute atomic E-state index is 0.303. The summed E-state index contributed by atoms with van der Waals surface area (Å²) in [5, 5.41) is 1.90. The molecule has 29 heavy (non-hydrogen) atoms. The zero-order chi connectivity index (χ0) is 19.9. The Kier molecular flexibility index (Phi) is 3.53.